The van der Waals surface area contributed by atoms with Gasteiger partial charge in [0.2, 0.25) is 5.95 Å². The van der Waals surface area contributed by atoms with Crippen molar-refractivity contribution >= 4 is 11.6 Å². The van der Waals surface area contributed by atoms with E-state index >= 15 is 0 Å². The Balaban J connectivity index is 1.71. The molecule has 2 aromatic carbocycles. The largest absolute Gasteiger partial charge is 0.416 e. The number of benzene rings is 2. The number of rotatable bonds is 10. The standard InChI is InChI=1S/C28H30F3N7/c1-19(21-9-6-5-7-10-21)34-27-33-14-13-25(36-27)38-18-24(20(2)32-15-16-37(3)4)35-26(38)22-11-8-12-23(17-22)28(29,30)31/h5-14,17-19,32H,2,15-16H2,1,3-4H3,(H,33,34,36)/t19-/m0/s1. The zero-order chi connectivity index (χ0) is 27.3. The third kappa shape index (κ3) is 6.57. The normalized spacial score (nSPS) is 12.4. The van der Waals surface area contributed by atoms with Gasteiger partial charge in [-0.05, 0) is 44.8 Å². The molecule has 0 radical (unpaired) electrons. The van der Waals surface area contributed by atoms with Gasteiger partial charge in [-0.2, -0.15) is 18.2 Å². The molecule has 0 spiro atoms. The summed E-state index contributed by atoms with van der Waals surface area (Å²) in [5.74, 6) is 1.14. The van der Waals surface area contributed by atoms with Crippen molar-refractivity contribution in [3.05, 3.63) is 96.5 Å². The summed E-state index contributed by atoms with van der Waals surface area (Å²) >= 11 is 0. The van der Waals surface area contributed by atoms with Crippen molar-refractivity contribution in [2.75, 3.05) is 32.5 Å². The summed E-state index contributed by atoms with van der Waals surface area (Å²) in [4.78, 5) is 15.7. The summed E-state index contributed by atoms with van der Waals surface area (Å²) < 4.78 is 42.1. The van der Waals surface area contributed by atoms with Gasteiger partial charge in [0.1, 0.15) is 17.3 Å². The molecule has 1 atom stereocenters. The molecule has 4 rings (SSSR count). The minimum absolute atomic E-state index is 0.0617. The molecular weight excluding hydrogens is 491 g/mol. The Kier molecular flexibility index (Phi) is 8.11. The topological polar surface area (TPSA) is 70.9 Å². The van der Waals surface area contributed by atoms with Crippen LogP contribution < -0.4 is 10.6 Å². The monoisotopic (exact) mass is 521 g/mol. The minimum Gasteiger partial charge on any atom is -0.382 e. The number of aromatic nitrogens is 4. The van der Waals surface area contributed by atoms with Gasteiger partial charge in [-0.25, -0.2) is 9.97 Å². The Bertz CT molecular complexity index is 1380. The zero-order valence-corrected chi connectivity index (χ0v) is 21.5. The van der Waals surface area contributed by atoms with Gasteiger partial charge in [-0.3, -0.25) is 4.57 Å². The Morgan fingerprint density at radius 1 is 1.05 bits per heavy atom. The summed E-state index contributed by atoms with van der Waals surface area (Å²) in [6.07, 6.45) is -1.16. The molecule has 0 aliphatic carbocycles. The Morgan fingerprint density at radius 2 is 1.82 bits per heavy atom. The molecule has 0 unspecified atom stereocenters. The third-order valence-electron chi connectivity index (χ3n) is 5.89. The molecule has 2 aromatic heterocycles. The molecule has 2 heterocycles. The maximum atomic E-state index is 13.5. The van der Waals surface area contributed by atoms with Crippen molar-refractivity contribution in [2.45, 2.75) is 19.1 Å². The number of alkyl halides is 3. The highest BCUT2D eigenvalue weighted by Crippen LogP contribution is 2.33. The Hall–Kier alpha value is -4.18. The number of anilines is 1. The fourth-order valence-electron chi connectivity index (χ4n) is 3.83. The Morgan fingerprint density at radius 3 is 2.53 bits per heavy atom. The van der Waals surface area contributed by atoms with E-state index in [1.54, 1.807) is 29.1 Å². The van der Waals surface area contributed by atoms with Crippen molar-refractivity contribution < 1.29 is 13.2 Å². The summed E-state index contributed by atoms with van der Waals surface area (Å²) in [7, 11) is 3.93. The average Bonchev–Trinajstić information content (AvgIpc) is 3.35. The highest BCUT2D eigenvalue weighted by atomic mass is 19.4. The molecule has 38 heavy (non-hydrogen) atoms. The van der Waals surface area contributed by atoms with Crippen molar-refractivity contribution in [3.63, 3.8) is 0 Å². The van der Waals surface area contributed by atoms with Gasteiger partial charge in [0, 0.05) is 31.0 Å². The molecule has 0 saturated heterocycles. The van der Waals surface area contributed by atoms with Crippen LogP contribution in [0.2, 0.25) is 0 Å². The minimum atomic E-state index is -4.48. The first-order valence-electron chi connectivity index (χ1n) is 12.1. The van der Waals surface area contributed by atoms with E-state index in [1.807, 2.05) is 56.3 Å². The van der Waals surface area contributed by atoms with Gasteiger partial charge in [-0.15, -0.1) is 0 Å². The number of halogens is 3. The number of imidazole rings is 1. The molecule has 10 heteroatoms. The Labute approximate surface area is 220 Å². The van der Waals surface area contributed by atoms with Gasteiger partial charge in [0.05, 0.1) is 17.3 Å². The number of likely N-dealkylation sites (N-methyl/N-ethyl adjacent to an activating group) is 1. The van der Waals surface area contributed by atoms with E-state index in [1.165, 1.54) is 6.07 Å². The molecular formula is C28H30F3N7. The summed E-state index contributed by atoms with van der Waals surface area (Å²) in [5, 5.41) is 6.51. The number of nitrogens with zero attached hydrogens (tertiary/aromatic N) is 5. The molecule has 0 aliphatic heterocycles. The first-order chi connectivity index (χ1) is 18.1. The molecule has 2 N–H and O–H groups in total. The van der Waals surface area contributed by atoms with E-state index in [9.17, 15) is 13.2 Å². The van der Waals surface area contributed by atoms with Crippen LogP contribution in [0.25, 0.3) is 22.9 Å². The molecule has 0 fully saturated rings. The van der Waals surface area contributed by atoms with Crippen LogP contribution in [0.4, 0.5) is 19.1 Å². The van der Waals surface area contributed by atoms with E-state index < -0.39 is 11.7 Å². The van der Waals surface area contributed by atoms with Crippen molar-refractivity contribution in [1.82, 2.24) is 29.7 Å². The number of hydrogen-bond acceptors (Lipinski definition) is 6. The lowest BCUT2D eigenvalue weighted by Crippen LogP contribution is -2.25. The second kappa shape index (κ2) is 11.5. The SMILES string of the molecule is C=C(NCCN(C)C)c1cn(-c2ccnc(N[C@@H](C)c3ccccc3)n2)c(-c2cccc(C(F)(F)F)c2)n1. The molecule has 0 saturated carbocycles. The molecule has 0 aliphatic rings. The molecule has 0 amide bonds. The van der Waals surface area contributed by atoms with E-state index in [0.29, 0.717) is 41.1 Å². The lowest BCUT2D eigenvalue weighted by Gasteiger charge is -2.15. The number of hydrogen-bond donors (Lipinski definition) is 2. The molecule has 0 bridgehead atoms. The van der Waals surface area contributed by atoms with Crippen LogP contribution in [0, 0.1) is 0 Å². The van der Waals surface area contributed by atoms with Gasteiger partial charge in [0.25, 0.3) is 0 Å². The fourth-order valence-corrected chi connectivity index (χ4v) is 3.83. The van der Waals surface area contributed by atoms with E-state index in [0.717, 1.165) is 24.2 Å². The summed E-state index contributed by atoms with van der Waals surface area (Å²) in [5.41, 5.74) is 1.68. The fraction of sp³-hybridized carbons (Fsp3) is 0.250. The lowest BCUT2D eigenvalue weighted by atomic mass is 10.1. The predicted octanol–water partition coefficient (Wildman–Crippen LogP) is 5.64. The second-order valence-electron chi connectivity index (χ2n) is 9.12. The van der Waals surface area contributed by atoms with Gasteiger partial charge in [0.15, 0.2) is 0 Å². The predicted molar refractivity (Wildman–Crippen MR) is 144 cm³/mol. The smallest absolute Gasteiger partial charge is 0.382 e. The van der Waals surface area contributed by atoms with E-state index in [2.05, 4.69) is 32.2 Å². The first-order valence-corrected chi connectivity index (χ1v) is 12.1. The molecule has 7 nitrogen and oxygen atoms in total. The van der Waals surface area contributed by atoms with Crippen LogP contribution in [0.5, 0.6) is 0 Å². The summed E-state index contributed by atoms with van der Waals surface area (Å²) in [6.45, 7) is 7.49. The summed E-state index contributed by atoms with van der Waals surface area (Å²) in [6, 6.07) is 16.6. The van der Waals surface area contributed by atoms with Crippen LogP contribution in [-0.2, 0) is 6.18 Å². The quantitative estimate of drug-likeness (QED) is 0.281. The highest BCUT2D eigenvalue weighted by Gasteiger charge is 2.31. The van der Waals surface area contributed by atoms with E-state index in [4.69, 9.17) is 0 Å². The van der Waals surface area contributed by atoms with Crippen molar-refractivity contribution in [1.29, 1.82) is 0 Å². The van der Waals surface area contributed by atoms with Gasteiger partial charge in [-0.1, -0.05) is 49.0 Å². The van der Waals surface area contributed by atoms with Gasteiger partial charge < -0.3 is 15.5 Å². The zero-order valence-electron chi connectivity index (χ0n) is 21.5. The average molecular weight is 522 g/mol. The van der Waals surface area contributed by atoms with Crippen molar-refractivity contribution in [2.24, 2.45) is 0 Å². The molecule has 198 valence electrons. The third-order valence-corrected chi connectivity index (χ3v) is 5.89. The number of nitrogens with one attached hydrogen (secondary N) is 2. The van der Waals surface area contributed by atoms with Crippen LogP contribution >= 0.6 is 0 Å². The highest BCUT2D eigenvalue weighted by molar-refractivity contribution is 5.66. The van der Waals surface area contributed by atoms with Crippen LogP contribution in [0.1, 0.15) is 29.8 Å². The van der Waals surface area contributed by atoms with Crippen LogP contribution in [0.15, 0.2) is 79.6 Å². The van der Waals surface area contributed by atoms with Crippen LogP contribution in [-0.4, -0.2) is 51.6 Å². The van der Waals surface area contributed by atoms with Crippen LogP contribution in [0.3, 0.4) is 0 Å². The first kappa shape index (κ1) is 26.9. The molecule has 4 aromatic rings. The lowest BCUT2D eigenvalue weighted by molar-refractivity contribution is -0.137. The van der Waals surface area contributed by atoms with Gasteiger partial charge >= 0.3 is 6.18 Å². The maximum Gasteiger partial charge on any atom is 0.416 e. The second-order valence-corrected chi connectivity index (χ2v) is 9.12. The van der Waals surface area contributed by atoms with Crippen molar-refractivity contribution in [3.8, 4) is 17.2 Å². The van der Waals surface area contributed by atoms with E-state index in [-0.39, 0.29) is 6.04 Å². The maximum absolute atomic E-state index is 13.5.